The average molecular weight is 323 g/mol. The van der Waals surface area contributed by atoms with E-state index in [0.717, 1.165) is 44.8 Å². The first-order valence-corrected chi connectivity index (χ1v) is 8.37. The number of nitrogens with zero attached hydrogens (tertiary/aromatic N) is 3. The van der Waals surface area contributed by atoms with Gasteiger partial charge in [0.2, 0.25) is 5.91 Å². The summed E-state index contributed by atoms with van der Waals surface area (Å²) >= 11 is 0. The lowest BCUT2D eigenvalue weighted by molar-refractivity contribution is -0.125. The van der Waals surface area contributed by atoms with Crippen LogP contribution in [0.5, 0.6) is 0 Å². The van der Waals surface area contributed by atoms with Gasteiger partial charge < -0.3 is 14.8 Å². The maximum atomic E-state index is 12.2. The maximum absolute atomic E-state index is 12.2. The second kappa shape index (κ2) is 7.85. The van der Waals surface area contributed by atoms with Crippen molar-refractivity contribution in [3.63, 3.8) is 0 Å². The van der Waals surface area contributed by atoms with E-state index < -0.39 is 0 Å². The highest BCUT2D eigenvalue weighted by atomic mass is 16.5. The molecule has 0 spiro atoms. The molecular formula is C15H25N5O3. The SMILES string of the molecule is CCc1nc(C2CN(CC(=O)NC3CCOCC3)CCO2)n[nH]1. The summed E-state index contributed by atoms with van der Waals surface area (Å²) in [6.45, 7) is 5.86. The van der Waals surface area contributed by atoms with Gasteiger partial charge in [0.15, 0.2) is 5.82 Å². The minimum Gasteiger partial charge on any atom is -0.381 e. The maximum Gasteiger partial charge on any atom is 0.234 e. The second-order valence-corrected chi connectivity index (χ2v) is 6.04. The highest BCUT2D eigenvalue weighted by Crippen LogP contribution is 2.19. The number of aromatic amines is 1. The molecule has 1 unspecified atom stereocenters. The van der Waals surface area contributed by atoms with Crippen LogP contribution < -0.4 is 5.32 Å². The van der Waals surface area contributed by atoms with Crippen LogP contribution in [0.3, 0.4) is 0 Å². The summed E-state index contributed by atoms with van der Waals surface area (Å²) in [4.78, 5) is 18.7. The van der Waals surface area contributed by atoms with Gasteiger partial charge in [-0.05, 0) is 12.8 Å². The number of H-pyrrole nitrogens is 1. The predicted octanol–water partition coefficient (Wildman–Crippen LogP) is 0.0356. The van der Waals surface area contributed by atoms with Crippen molar-refractivity contribution >= 4 is 5.91 Å². The number of rotatable bonds is 5. The van der Waals surface area contributed by atoms with Crippen LogP contribution in [0, 0.1) is 0 Å². The van der Waals surface area contributed by atoms with Crippen LogP contribution in [0.15, 0.2) is 0 Å². The number of aryl methyl sites for hydroxylation is 1. The molecule has 23 heavy (non-hydrogen) atoms. The van der Waals surface area contributed by atoms with E-state index >= 15 is 0 Å². The van der Waals surface area contributed by atoms with Gasteiger partial charge in [-0.3, -0.25) is 14.8 Å². The third-order valence-corrected chi connectivity index (χ3v) is 4.28. The monoisotopic (exact) mass is 323 g/mol. The summed E-state index contributed by atoms with van der Waals surface area (Å²) in [5.41, 5.74) is 0. The van der Waals surface area contributed by atoms with Crippen LogP contribution in [-0.4, -0.2) is 71.5 Å². The van der Waals surface area contributed by atoms with Crippen molar-refractivity contribution in [1.82, 2.24) is 25.4 Å². The summed E-state index contributed by atoms with van der Waals surface area (Å²) < 4.78 is 11.1. The van der Waals surface area contributed by atoms with E-state index in [-0.39, 0.29) is 18.1 Å². The molecule has 0 aromatic carbocycles. The molecule has 1 aromatic heterocycles. The van der Waals surface area contributed by atoms with Crippen LogP contribution in [0.2, 0.25) is 0 Å². The fraction of sp³-hybridized carbons (Fsp3) is 0.800. The first-order valence-electron chi connectivity index (χ1n) is 8.37. The summed E-state index contributed by atoms with van der Waals surface area (Å²) in [6, 6.07) is 0.244. The van der Waals surface area contributed by atoms with E-state index in [1.54, 1.807) is 0 Å². The third-order valence-electron chi connectivity index (χ3n) is 4.28. The summed E-state index contributed by atoms with van der Waals surface area (Å²) in [5.74, 6) is 1.61. The summed E-state index contributed by atoms with van der Waals surface area (Å²) in [6.07, 6.45) is 2.44. The van der Waals surface area contributed by atoms with Gasteiger partial charge in [0.25, 0.3) is 0 Å². The van der Waals surface area contributed by atoms with E-state index in [0.29, 0.717) is 25.5 Å². The molecule has 1 aromatic rings. The van der Waals surface area contributed by atoms with E-state index in [4.69, 9.17) is 9.47 Å². The van der Waals surface area contributed by atoms with Crippen LogP contribution >= 0.6 is 0 Å². The minimum absolute atomic E-state index is 0.0711. The van der Waals surface area contributed by atoms with Gasteiger partial charge in [-0.1, -0.05) is 6.92 Å². The van der Waals surface area contributed by atoms with Crippen LogP contribution in [0.25, 0.3) is 0 Å². The Morgan fingerprint density at radius 3 is 2.96 bits per heavy atom. The molecule has 128 valence electrons. The number of hydrogen-bond acceptors (Lipinski definition) is 6. The predicted molar refractivity (Wildman–Crippen MR) is 82.9 cm³/mol. The van der Waals surface area contributed by atoms with Gasteiger partial charge in [-0.25, -0.2) is 4.98 Å². The van der Waals surface area contributed by atoms with E-state index in [1.165, 1.54) is 0 Å². The molecule has 8 nitrogen and oxygen atoms in total. The number of ether oxygens (including phenoxy) is 2. The van der Waals surface area contributed by atoms with Gasteiger partial charge in [0.05, 0.1) is 13.2 Å². The third kappa shape index (κ3) is 4.49. The van der Waals surface area contributed by atoms with Crippen molar-refractivity contribution < 1.29 is 14.3 Å². The van der Waals surface area contributed by atoms with Gasteiger partial charge in [-0.2, -0.15) is 5.10 Å². The van der Waals surface area contributed by atoms with Crippen molar-refractivity contribution in [1.29, 1.82) is 0 Å². The molecule has 0 bridgehead atoms. The molecule has 8 heteroatoms. The van der Waals surface area contributed by atoms with E-state index in [1.807, 2.05) is 6.92 Å². The molecule has 0 saturated carbocycles. The smallest absolute Gasteiger partial charge is 0.234 e. The Morgan fingerprint density at radius 2 is 2.22 bits per heavy atom. The zero-order valence-corrected chi connectivity index (χ0v) is 13.6. The summed E-state index contributed by atoms with van der Waals surface area (Å²) in [5, 5.41) is 10.2. The van der Waals surface area contributed by atoms with Gasteiger partial charge in [0, 0.05) is 38.8 Å². The van der Waals surface area contributed by atoms with E-state index in [9.17, 15) is 4.79 Å². The molecule has 3 heterocycles. The Morgan fingerprint density at radius 1 is 1.39 bits per heavy atom. The molecule has 3 rings (SSSR count). The Kier molecular flexibility index (Phi) is 5.58. The molecule has 0 aliphatic carbocycles. The standard InChI is InChI=1S/C15H25N5O3/c1-2-13-17-15(19-18-13)12-9-20(5-8-23-12)10-14(21)16-11-3-6-22-7-4-11/h11-12H,2-10H2,1H3,(H,16,21)(H,17,18,19). The molecule has 1 amide bonds. The van der Waals surface area contributed by atoms with E-state index in [2.05, 4.69) is 25.4 Å². The first-order chi connectivity index (χ1) is 11.2. The van der Waals surface area contributed by atoms with Crippen molar-refractivity contribution in [2.45, 2.75) is 38.3 Å². The number of nitrogens with one attached hydrogen (secondary N) is 2. The zero-order chi connectivity index (χ0) is 16.1. The summed E-state index contributed by atoms with van der Waals surface area (Å²) in [7, 11) is 0. The average Bonchev–Trinajstić information content (AvgIpc) is 3.05. The Hall–Kier alpha value is -1.51. The zero-order valence-electron chi connectivity index (χ0n) is 13.6. The minimum atomic E-state index is -0.170. The van der Waals surface area contributed by atoms with Crippen molar-refractivity contribution in [2.24, 2.45) is 0 Å². The fourth-order valence-corrected chi connectivity index (χ4v) is 2.93. The molecule has 0 radical (unpaired) electrons. The number of carbonyl (C=O) groups excluding carboxylic acids is 1. The number of amides is 1. The topological polar surface area (TPSA) is 92.4 Å². The molecule has 2 aliphatic heterocycles. The lowest BCUT2D eigenvalue weighted by atomic mass is 10.1. The largest absolute Gasteiger partial charge is 0.381 e. The Bertz CT molecular complexity index is 515. The number of carbonyl (C=O) groups is 1. The van der Waals surface area contributed by atoms with Crippen LogP contribution in [0.1, 0.15) is 37.5 Å². The quantitative estimate of drug-likeness (QED) is 0.794. The Labute approximate surface area is 135 Å². The second-order valence-electron chi connectivity index (χ2n) is 6.04. The van der Waals surface area contributed by atoms with Crippen molar-refractivity contribution in [3.05, 3.63) is 11.6 Å². The lowest BCUT2D eigenvalue weighted by Crippen LogP contribution is -2.47. The molecule has 2 fully saturated rings. The lowest BCUT2D eigenvalue weighted by Gasteiger charge is -2.31. The van der Waals surface area contributed by atoms with Gasteiger partial charge in [-0.15, -0.1) is 0 Å². The van der Waals surface area contributed by atoms with Crippen molar-refractivity contribution in [2.75, 3.05) is 39.5 Å². The van der Waals surface area contributed by atoms with Crippen LogP contribution in [-0.2, 0) is 20.7 Å². The highest BCUT2D eigenvalue weighted by Gasteiger charge is 2.27. The Balaban J connectivity index is 1.48. The molecule has 1 atom stereocenters. The van der Waals surface area contributed by atoms with Gasteiger partial charge >= 0.3 is 0 Å². The van der Waals surface area contributed by atoms with Gasteiger partial charge in [0.1, 0.15) is 11.9 Å². The fourth-order valence-electron chi connectivity index (χ4n) is 2.93. The molecule has 2 saturated heterocycles. The molecular weight excluding hydrogens is 298 g/mol. The molecule has 2 aliphatic rings. The van der Waals surface area contributed by atoms with Crippen molar-refractivity contribution in [3.8, 4) is 0 Å². The normalized spacial score (nSPS) is 23.8. The number of aromatic nitrogens is 3. The number of hydrogen-bond donors (Lipinski definition) is 2. The number of morpholine rings is 1. The first kappa shape index (κ1) is 16.4. The van der Waals surface area contributed by atoms with Crippen LogP contribution in [0.4, 0.5) is 0 Å². The highest BCUT2D eigenvalue weighted by molar-refractivity contribution is 5.78. The molecule has 2 N–H and O–H groups in total.